The minimum atomic E-state index is 0.0214. The van der Waals surface area contributed by atoms with Crippen molar-refractivity contribution >= 4 is 76.1 Å². The Hall–Kier alpha value is -6.78. The van der Waals surface area contributed by atoms with Crippen molar-refractivity contribution in [3.8, 4) is 22.9 Å². The first kappa shape index (κ1) is 33.4. The Morgan fingerprint density at radius 3 is 1.78 bits per heavy atom. The van der Waals surface area contributed by atoms with Crippen LogP contribution >= 0.6 is 0 Å². The lowest BCUT2D eigenvalue weighted by Crippen LogP contribution is -2.33. The Labute approximate surface area is 337 Å². The van der Waals surface area contributed by atoms with Crippen LogP contribution in [0.4, 0.5) is 0 Å². The third-order valence-electron chi connectivity index (χ3n) is 13.4. The van der Waals surface area contributed by atoms with Gasteiger partial charge in [-0.25, -0.2) is 9.97 Å². The number of para-hydroxylation sites is 2. The van der Waals surface area contributed by atoms with E-state index in [2.05, 4.69) is 195 Å². The zero-order valence-corrected chi connectivity index (χ0v) is 33.2. The van der Waals surface area contributed by atoms with Crippen LogP contribution in [-0.2, 0) is 10.8 Å². The van der Waals surface area contributed by atoms with Gasteiger partial charge in [0.25, 0.3) is 0 Å². The highest BCUT2D eigenvalue weighted by Gasteiger charge is 2.38. The highest BCUT2D eigenvalue weighted by atomic mass is 15.2. The van der Waals surface area contributed by atoms with Crippen molar-refractivity contribution < 1.29 is 0 Å². The standard InChI is InChI=1S/C54H42N4/c1-53(2)29-30-54(3,4)42-32-47-40(31-41(42)53)49-45(27-28-46-50(49)48-37-21-11-9-16-34(37)25-26-44(48)57(46)35-18-6-5-7-19-35)58(47)52-55-43-24-13-12-22-39(43)51(56-52)38-23-14-17-33-15-8-10-20-36(33)38/h5-28,31-32H,29-30H2,1-4H3. The lowest BCUT2D eigenvalue weighted by molar-refractivity contribution is 0.332. The molecule has 3 heterocycles. The lowest BCUT2D eigenvalue weighted by atomic mass is 9.63. The highest BCUT2D eigenvalue weighted by Crippen LogP contribution is 2.51. The molecule has 0 saturated heterocycles. The second kappa shape index (κ2) is 11.9. The monoisotopic (exact) mass is 746 g/mol. The summed E-state index contributed by atoms with van der Waals surface area (Å²) in [4.78, 5) is 11.1. The van der Waals surface area contributed by atoms with E-state index in [1.54, 1.807) is 0 Å². The summed E-state index contributed by atoms with van der Waals surface area (Å²) in [6.07, 6.45) is 2.28. The minimum Gasteiger partial charge on any atom is -0.309 e. The minimum absolute atomic E-state index is 0.0214. The van der Waals surface area contributed by atoms with Crippen LogP contribution in [0.5, 0.6) is 0 Å². The van der Waals surface area contributed by atoms with Gasteiger partial charge in [0.1, 0.15) is 0 Å². The summed E-state index contributed by atoms with van der Waals surface area (Å²) in [5, 5.41) is 10.9. The number of fused-ring (bicyclic) bond motifs is 12. The fourth-order valence-corrected chi connectivity index (χ4v) is 10.3. The number of benzene rings is 8. The van der Waals surface area contributed by atoms with Crippen LogP contribution in [0.1, 0.15) is 51.7 Å². The molecule has 278 valence electrons. The summed E-state index contributed by atoms with van der Waals surface area (Å²) in [5.74, 6) is 0.686. The number of hydrogen-bond donors (Lipinski definition) is 0. The quantitative estimate of drug-likeness (QED) is 0.180. The summed E-state index contributed by atoms with van der Waals surface area (Å²) in [6.45, 7) is 9.70. The first-order valence-corrected chi connectivity index (χ1v) is 20.6. The molecule has 3 aromatic heterocycles. The fourth-order valence-electron chi connectivity index (χ4n) is 10.3. The van der Waals surface area contributed by atoms with E-state index in [1.807, 2.05) is 0 Å². The Balaban J connectivity index is 1.30. The first-order chi connectivity index (χ1) is 28.3. The van der Waals surface area contributed by atoms with E-state index in [4.69, 9.17) is 9.97 Å². The van der Waals surface area contributed by atoms with Crippen LogP contribution in [0.15, 0.2) is 158 Å². The van der Waals surface area contributed by atoms with Crippen LogP contribution in [0.25, 0.3) is 99.0 Å². The maximum absolute atomic E-state index is 5.63. The van der Waals surface area contributed by atoms with Gasteiger partial charge in [0.15, 0.2) is 0 Å². The SMILES string of the molecule is CC1(C)CCC(C)(C)c2cc3c(cc21)c1c2c4c5ccccc5ccc4n(-c4ccccc4)c2ccc1n3-c1nc(-c2cccc3ccccc23)c2ccccc2n1. The van der Waals surface area contributed by atoms with Crippen molar-refractivity contribution in [2.75, 3.05) is 0 Å². The maximum Gasteiger partial charge on any atom is 0.235 e. The summed E-state index contributed by atoms with van der Waals surface area (Å²) in [6, 6.07) is 57.6. The maximum atomic E-state index is 5.63. The third-order valence-corrected chi connectivity index (χ3v) is 13.4. The van der Waals surface area contributed by atoms with Gasteiger partial charge in [-0.3, -0.25) is 4.57 Å². The average Bonchev–Trinajstić information content (AvgIpc) is 3.77. The van der Waals surface area contributed by atoms with E-state index in [9.17, 15) is 0 Å². The van der Waals surface area contributed by atoms with Crippen molar-refractivity contribution in [1.82, 2.24) is 19.1 Å². The van der Waals surface area contributed by atoms with Crippen LogP contribution in [-0.4, -0.2) is 19.1 Å². The zero-order chi connectivity index (χ0) is 38.9. The molecule has 0 bridgehead atoms. The third kappa shape index (κ3) is 4.63. The van der Waals surface area contributed by atoms with Crippen molar-refractivity contribution in [2.45, 2.75) is 51.4 Å². The zero-order valence-electron chi connectivity index (χ0n) is 33.2. The van der Waals surface area contributed by atoms with E-state index < -0.39 is 0 Å². The van der Waals surface area contributed by atoms with E-state index >= 15 is 0 Å². The fraction of sp³-hybridized carbons (Fsp3) is 0.148. The molecule has 0 unspecified atom stereocenters. The Morgan fingerprint density at radius 1 is 0.431 bits per heavy atom. The number of nitrogens with zero attached hydrogens (tertiary/aromatic N) is 4. The van der Waals surface area contributed by atoms with E-state index in [-0.39, 0.29) is 10.8 Å². The molecule has 1 aliphatic rings. The topological polar surface area (TPSA) is 35.6 Å². The second-order valence-corrected chi connectivity index (χ2v) is 17.6. The smallest absolute Gasteiger partial charge is 0.235 e. The normalized spacial score (nSPS) is 15.0. The molecule has 58 heavy (non-hydrogen) atoms. The lowest BCUT2D eigenvalue weighted by Gasteiger charge is -2.42. The Morgan fingerprint density at radius 2 is 1.00 bits per heavy atom. The van der Waals surface area contributed by atoms with Crippen LogP contribution in [0.2, 0.25) is 0 Å². The van der Waals surface area contributed by atoms with Crippen molar-refractivity contribution in [2.24, 2.45) is 0 Å². The summed E-state index contributed by atoms with van der Waals surface area (Å²) < 4.78 is 4.83. The van der Waals surface area contributed by atoms with Crippen LogP contribution in [0, 0.1) is 0 Å². The molecule has 12 rings (SSSR count). The molecule has 0 fully saturated rings. The van der Waals surface area contributed by atoms with Gasteiger partial charge in [0, 0.05) is 38.2 Å². The average molecular weight is 747 g/mol. The number of hydrogen-bond acceptors (Lipinski definition) is 2. The molecule has 0 N–H and O–H groups in total. The van der Waals surface area contributed by atoms with Gasteiger partial charge in [0.05, 0.1) is 33.3 Å². The number of rotatable bonds is 3. The van der Waals surface area contributed by atoms with Gasteiger partial charge < -0.3 is 4.57 Å². The molecular formula is C54H42N4. The molecule has 8 aromatic carbocycles. The molecule has 4 heteroatoms. The van der Waals surface area contributed by atoms with Gasteiger partial charge in [-0.15, -0.1) is 0 Å². The largest absolute Gasteiger partial charge is 0.309 e. The predicted molar refractivity (Wildman–Crippen MR) is 244 cm³/mol. The molecule has 4 nitrogen and oxygen atoms in total. The first-order valence-electron chi connectivity index (χ1n) is 20.6. The predicted octanol–water partition coefficient (Wildman–Crippen LogP) is 14.1. The molecule has 0 radical (unpaired) electrons. The molecule has 0 saturated carbocycles. The van der Waals surface area contributed by atoms with E-state index in [0.29, 0.717) is 5.95 Å². The van der Waals surface area contributed by atoms with Crippen LogP contribution in [0.3, 0.4) is 0 Å². The molecule has 0 spiro atoms. The molecule has 0 atom stereocenters. The summed E-state index contributed by atoms with van der Waals surface area (Å²) in [7, 11) is 0. The van der Waals surface area contributed by atoms with Gasteiger partial charge in [0.2, 0.25) is 5.95 Å². The molecular weight excluding hydrogens is 705 g/mol. The summed E-state index contributed by atoms with van der Waals surface area (Å²) in [5.41, 5.74) is 11.7. The molecule has 1 aliphatic carbocycles. The van der Waals surface area contributed by atoms with Crippen molar-refractivity contribution in [1.29, 1.82) is 0 Å². The Kier molecular flexibility index (Phi) is 6.83. The number of aromatic nitrogens is 4. The Bertz CT molecular complexity index is 3500. The van der Waals surface area contributed by atoms with Crippen molar-refractivity contribution in [3.05, 3.63) is 169 Å². The van der Waals surface area contributed by atoms with E-state index in [0.717, 1.165) is 51.7 Å². The highest BCUT2D eigenvalue weighted by molar-refractivity contribution is 6.33. The van der Waals surface area contributed by atoms with Crippen LogP contribution < -0.4 is 0 Å². The van der Waals surface area contributed by atoms with Gasteiger partial charge >= 0.3 is 0 Å². The second-order valence-electron chi connectivity index (χ2n) is 17.6. The summed E-state index contributed by atoms with van der Waals surface area (Å²) >= 11 is 0. The van der Waals surface area contributed by atoms with Crippen molar-refractivity contribution in [3.63, 3.8) is 0 Å². The van der Waals surface area contributed by atoms with Gasteiger partial charge in [-0.1, -0.05) is 137 Å². The van der Waals surface area contributed by atoms with Gasteiger partial charge in [-0.2, -0.15) is 0 Å². The molecule has 11 aromatic rings. The van der Waals surface area contributed by atoms with E-state index in [1.165, 1.54) is 65.3 Å². The van der Waals surface area contributed by atoms with Gasteiger partial charge in [-0.05, 0) is 105 Å². The molecule has 0 aliphatic heterocycles. The molecule has 0 amide bonds.